The van der Waals surface area contributed by atoms with Crippen LogP contribution < -0.4 is 29.1 Å². The van der Waals surface area contributed by atoms with Crippen molar-refractivity contribution >= 4 is 57.9 Å². The number of nitrogens with zero attached hydrogens (tertiary/aromatic N) is 15. The van der Waals surface area contributed by atoms with Crippen LogP contribution >= 0.6 is 11.6 Å². The molecule has 0 N–H and O–H groups in total. The number of allylic oxidation sites excluding steroid dienone is 1. The first-order valence-electron chi connectivity index (χ1n) is 31.7. The van der Waals surface area contributed by atoms with Crippen LogP contribution in [0.5, 0.6) is 12.0 Å². The highest BCUT2D eigenvalue weighted by Gasteiger charge is 2.45. The van der Waals surface area contributed by atoms with Crippen LogP contribution in [0.1, 0.15) is 108 Å². The minimum absolute atomic E-state index is 0. The first-order chi connectivity index (χ1) is 46.6. The molecule has 4 fully saturated rings. The first-order valence-corrected chi connectivity index (χ1v) is 32.1. The Kier molecular flexibility index (Phi) is 25.8. The smallest absolute Gasteiger partial charge is 0.421 e. The predicted octanol–water partition coefficient (Wildman–Crippen LogP) is 11.5. The van der Waals surface area contributed by atoms with E-state index in [9.17, 15) is 63.1 Å². The number of alkyl halides is 8. The first kappa shape index (κ1) is 78.3. The number of piperazine rings is 1. The summed E-state index contributed by atoms with van der Waals surface area (Å²) in [4.78, 5) is 91.1. The molecule has 6 aliphatic heterocycles. The average molecular weight is 1440 g/mol. The van der Waals surface area contributed by atoms with Crippen LogP contribution in [-0.2, 0) is 57.3 Å². The molecule has 0 saturated carbocycles. The predicted molar refractivity (Wildman–Crippen MR) is 349 cm³/mol. The van der Waals surface area contributed by atoms with Gasteiger partial charge in [-0.3, -0.25) is 29.4 Å². The van der Waals surface area contributed by atoms with E-state index >= 15 is 0 Å². The molecule has 4 aromatic rings. The zero-order chi connectivity index (χ0) is 72.5. The van der Waals surface area contributed by atoms with Gasteiger partial charge in [0.15, 0.2) is 11.6 Å². The fourth-order valence-corrected chi connectivity index (χ4v) is 12.4. The molecule has 0 radical (unpaired) electrons. The van der Waals surface area contributed by atoms with Crippen molar-refractivity contribution in [2.75, 3.05) is 105 Å². The summed E-state index contributed by atoms with van der Waals surface area (Å²) < 4.78 is 164. The van der Waals surface area contributed by atoms with Gasteiger partial charge in [-0.05, 0) is 91.0 Å². The van der Waals surface area contributed by atoms with Crippen LogP contribution in [0.15, 0.2) is 50.1 Å². The van der Waals surface area contributed by atoms with Gasteiger partial charge in [-0.15, -0.1) is 0 Å². The van der Waals surface area contributed by atoms with Gasteiger partial charge in [0.1, 0.15) is 65.6 Å². The molecule has 0 unspecified atom stereocenters. The van der Waals surface area contributed by atoms with Crippen molar-refractivity contribution in [1.29, 1.82) is 0 Å². The third kappa shape index (κ3) is 19.9. The Balaban J connectivity index is 0.000000261. The third-order valence-electron chi connectivity index (χ3n) is 16.7. The van der Waals surface area contributed by atoms with Crippen molar-refractivity contribution < 1.29 is 82.0 Å². The van der Waals surface area contributed by atoms with Gasteiger partial charge in [-0.25, -0.2) is 40.3 Å². The van der Waals surface area contributed by atoms with E-state index in [4.69, 9.17) is 48.7 Å². The topological polar surface area (TPSA) is 214 Å². The summed E-state index contributed by atoms with van der Waals surface area (Å²) in [6.45, 7) is 33.2. The number of pyridine rings is 2. The highest BCUT2D eigenvalue weighted by atomic mass is 35.5. The molecule has 4 saturated heterocycles. The zero-order valence-corrected chi connectivity index (χ0v) is 56.1. The Morgan fingerprint density at radius 3 is 1.44 bits per heavy atom. The second-order valence-corrected chi connectivity index (χ2v) is 26.6. The summed E-state index contributed by atoms with van der Waals surface area (Å²) in [6, 6.07) is -2.10. The Bertz CT molecular complexity index is 3700. The Morgan fingerprint density at radius 2 is 1.04 bits per heavy atom. The standard InChI is InChI=1S/C32H37F5N8O4.C30H36F5N7O3.C3H3ClO.CH4/c1-6-26(46)44-10-9-43(16-21(44)12-38-5)28-22-7-8-42(25-14-39-13-23(34)27(25)32(35,36)37)17-24(22)40-29(41-28)48-18-20-11-19(33)15-45(20)30(47)49-31(2,3)4;1-29(2,3)45-28(43)42-15-19(31)10-20(42)17-44-27-38-23-16-40(24-13-37-12-22(32)25(24)30(33,34)35)9-7-21(23)26(39-27)41-8-5-6-18(14-41)11-36-4;1-2-3(4)5;/h6,13-14,19-21H,1,7-12,15-18H2,2-4H3;12-13,18-20H,5-11,14-17H2,1-3H3;2H,1H2;1H4/t19-,20+,21+;18-,19+,20-;;/m10../s1. The summed E-state index contributed by atoms with van der Waals surface area (Å²) in [6.07, 6.45) is -6.45. The molecular formula is C66H80ClF10N15O8. The number of rotatable bonds is 14. The maximum absolute atomic E-state index is 14.5. The number of fused-ring (bicyclic) bond motifs is 2. The molecule has 0 aliphatic carbocycles. The number of aromatic nitrogens is 6. The van der Waals surface area contributed by atoms with E-state index in [2.05, 4.69) is 47.8 Å². The average Bonchev–Trinajstić information content (AvgIpc) is 1.10. The van der Waals surface area contributed by atoms with Crippen molar-refractivity contribution in [3.63, 3.8) is 0 Å². The van der Waals surface area contributed by atoms with Gasteiger partial charge in [0.2, 0.25) is 24.2 Å². The van der Waals surface area contributed by atoms with Crippen molar-refractivity contribution in [2.45, 2.75) is 155 Å². The number of carbonyl (C=O) groups excluding carboxylic acids is 4. The van der Waals surface area contributed by atoms with E-state index < -0.39 is 99.9 Å². The van der Waals surface area contributed by atoms with E-state index in [1.54, 1.807) is 46.4 Å². The SMILES string of the molecule is C.C=CC(=O)Cl.[C-]#[N+]C[C@@H]1CCCN(c2nc(OC[C@@H]3C[C@@H](F)CN3C(=O)OC(C)(C)C)nc3c2CCN(c2cncc(F)c2C(F)(F)F)C3)C1.[C-]#[N+]C[C@H]1CN(c2nc(OC[C@@H]3C[C@@H](F)CN3C(=O)OC(C)(C)C)nc3c2CCN(c2cncc(F)c2C(F)(F)F)C3)CCN1C(=O)C=C. The second kappa shape index (κ2) is 33.0. The molecule has 0 spiro atoms. The minimum atomic E-state index is -4.98. The Labute approximate surface area is 578 Å². The summed E-state index contributed by atoms with van der Waals surface area (Å²) >= 11 is 4.71. The van der Waals surface area contributed by atoms with Crippen LogP contribution in [0, 0.1) is 30.7 Å². The zero-order valence-electron chi connectivity index (χ0n) is 55.3. The van der Waals surface area contributed by atoms with Gasteiger partial charge >= 0.3 is 36.6 Å². The Morgan fingerprint density at radius 1 is 0.600 bits per heavy atom. The lowest BCUT2D eigenvalue weighted by atomic mass is 9.96. The molecule has 10 rings (SSSR count). The molecule has 544 valence electrons. The van der Waals surface area contributed by atoms with Gasteiger partial charge in [0.25, 0.3) is 0 Å². The fraction of sp³-hybridized carbons (Fsp3) is 0.576. The van der Waals surface area contributed by atoms with E-state index in [-0.39, 0.29) is 135 Å². The lowest BCUT2D eigenvalue weighted by molar-refractivity contribution is -0.140. The van der Waals surface area contributed by atoms with Crippen molar-refractivity contribution in [1.82, 2.24) is 44.6 Å². The van der Waals surface area contributed by atoms with Crippen LogP contribution in [-0.4, -0.2) is 195 Å². The number of carbonyl (C=O) groups is 4. The maximum atomic E-state index is 14.5. The molecule has 10 heterocycles. The highest BCUT2D eigenvalue weighted by molar-refractivity contribution is 6.66. The molecule has 0 aromatic carbocycles. The van der Waals surface area contributed by atoms with Crippen LogP contribution in [0.25, 0.3) is 9.69 Å². The van der Waals surface area contributed by atoms with Gasteiger partial charge in [0, 0.05) is 75.7 Å². The molecule has 6 aliphatic rings. The van der Waals surface area contributed by atoms with Crippen molar-refractivity contribution in [2.24, 2.45) is 5.92 Å². The molecule has 34 heteroatoms. The maximum Gasteiger partial charge on any atom is 0.421 e. The van der Waals surface area contributed by atoms with Crippen LogP contribution in [0.2, 0.25) is 0 Å². The van der Waals surface area contributed by atoms with Gasteiger partial charge in [-0.1, -0.05) is 20.6 Å². The number of hydrogen-bond donors (Lipinski definition) is 0. The summed E-state index contributed by atoms with van der Waals surface area (Å²) in [5.41, 5.74) is -3.18. The number of halogens is 11. The molecule has 4 aromatic heterocycles. The van der Waals surface area contributed by atoms with Crippen LogP contribution in [0.4, 0.5) is 76.5 Å². The van der Waals surface area contributed by atoms with E-state index in [1.165, 1.54) is 25.7 Å². The number of hydrogen-bond acceptors (Lipinski definition) is 18. The lowest BCUT2D eigenvalue weighted by Gasteiger charge is -2.41. The number of ether oxygens (including phenoxy) is 4. The molecule has 100 heavy (non-hydrogen) atoms. The fourth-order valence-electron chi connectivity index (χ4n) is 12.4. The van der Waals surface area contributed by atoms with Gasteiger partial charge in [-0.2, -0.15) is 46.3 Å². The number of piperidine rings is 1. The van der Waals surface area contributed by atoms with Gasteiger partial charge in [0.05, 0.1) is 85.8 Å². The van der Waals surface area contributed by atoms with E-state index in [0.717, 1.165) is 36.9 Å². The number of likely N-dealkylation sites (tertiary alicyclic amines) is 2. The van der Waals surface area contributed by atoms with E-state index in [0.29, 0.717) is 67.2 Å². The van der Waals surface area contributed by atoms with Crippen LogP contribution in [0.3, 0.4) is 0 Å². The van der Waals surface area contributed by atoms with Crippen molar-refractivity contribution in [3.8, 4) is 12.0 Å². The second-order valence-electron chi connectivity index (χ2n) is 26.2. The minimum Gasteiger partial charge on any atom is -0.461 e. The lowest BCUT2D eigenvalue weighted by Crippen LogP contribution is -2.56. The molecular weight excluding hydrogens is 1360 g/mol. The summed E-state index contributed by atoms with van der Waals surface area (Å²) in [5.74, 6) is -2.18. The Hall–Kier alpha value is -9.01. The van der Waals surface area contributed by atoms with E-state index in [1.807, 2.05) is 9.80 Å². The highest BCUT2D eigenvalue weighted by Crippen LogP contribution is 2.43. The summed E-state index contributed by atoms with van der Waals surface area (Å²) in [7, 11) is 0. The summed E-state index contributed by atoms with van der Waals surface area (Å²) in [5, 5.41) is -0.509. The molecule has 6 atom stereocenters. The number of amides is 3. The molecule has 0 bridgehead atoms. The third-order valence-corrected chi connectivity index (χ3v) is 16.9. The van der Waals surface area contributed by atoms with Gasteiger partial charge < -0.3 is 53.1 Å². The molecule has 23 nitrogen and oxygen atoms in total. The van der Waals surface area contributed by atoms with Crippen molar-refractivity contribution in [3.05, 3.63) is 118 Å². The monoisotopic (exact) mass is 1440 g/mol. The quantitative estimate of drug-likeness (QED) is 0.0497. The largest absolute Gasteiger partial charge is 0.461 e. The number of anilines is 4. The molecule has 3 amide bonds. The normalized spacial score (nSPS) is 20.7.